The SMILES string of the molecule is CCCNC(=O)C(Cc1ccccc1)N(Cc1ccccc1F)C(=O)CN(c1ccc(C)cc1)S(=O)(=O)c1ccc(SC)cc1. The molecule has 0 aromatic heterocycles. The highest BCUT2D eigenvalue weighted by Gasteiger charge is 2.35. The quantitative estimate of drug-likeness (QED) is 0.164. The highest BCUT2D eigenvalue weighted by atomic mass is 32.2. The van der Waals surface area contributed by atoms with Crippen LogP contribution in [-0.4, -0.2) is 50.5 Å². The molecule has 0 saturated carbocycles. The lowest BCUT2D eigenvalue weighted by Gasteiger charge is -2.34. The number of sulfonamides is 1. The lowest BCUT2D eigenvalue weighted by atomic mass is 10.0. The normalized spacial score (nSPS) is 11.9. The van der Waals surface area contributed by atoms with Gasteiger partial charge in [0.15, 0.2) is 0 Å². The van der Waals surface area contributed by atoms with Crippen LogP contribution < -0.4 is 9.62 Å². The van der Waals surface area contributed by atoms with Crippen molar-refractivity contribution in [3.63, 3.8) is 0 Å². The van der Waals surface area contributed by atoms with E-state index in [0.717, 1.165) is 20.3 Å². The Bertz CT molecular complexity index is 1680. The average molecular weight is 648 g/mol. The summed E-state index contributed by atoms with van der Waals surface area (Å²) in [6, 6.07) is 27.6. The largest absolute Gasteiger partial charge is 0.354 e. The summed E-state index contributed by atoms with van der Waals surface area (Å²) in [6.07, 6.45) is 2.73. The highest BCUT2D eigenvalue weighted by Crippen LogP contribution is 2.27. The molecule has 1 N–H and O–H groups in total. The van der Waals surface area contributed by atoms with Crippen LogP contribution in [0.3, 0.4) is 0 Å². The zero-order chi connectivity index (χ0) is 32.4. The Morgan fingerprint density at radius 1 is 0.889 bits per heavy atom. The molecule has 4 aromatic rings. The number of carbonyl (C=O) groups excluding carboxylic acids is 2. The molecule has 236 valence electrons. The summed E-state index contributed by atoms with van der Waals surface area (Å²) in [7, 11) is -4.22. The van der Waals surface area contributed by atoms with Crippen LogP contribution in [0.15, 0.2) is 113 Å². The van der Waals surface area contributed by atoms with Crippen LogP contribution >= 0.6 is 11.8 Å². The van der Waals surface area contributed by atoms with Gasteiger partial charge in [-0.15, -0.1) is 11.8 Å². The minimum absolute atomic E-state index is 0.0239. The number of amides is 2. The van der Waals surface area contributed by atoms with Gasteiger partial charge in [-0.25, -0.2) is 12.8 Å². The molecule has 7 nitrogen and oxygen atoms in total. The summed E-state index contributed by atoms with van der Waals surface area (Å²) in [5.74, 6) is -1.57. The van der Waals surface area contributed by atoms with E-state index < -0.39 is 40.2 Å². The van der Waals surface area contributed by atoms with Gasteiger partial charge in [0.25, 0.3) is 10.0 Å². The monoisotopic (exact) mass is 647 g/mol. The van der Waals surface area contributed by atoms with Gasteiger partial charge in [-0.05, 0) is 67.6 Å². The lowest BCUT2D eigenvalue weighted by molar-refractivity contribution is -0.140. The van der Waals surface area contributed by atoms with E-state index in [9.17, 15) is 22.4 Å². The van der Waals surface area contributed by atoms with E-state index in [-0.39, 0.29) is 23.4 Å². The minimum atomic E-state index is -4.22. The van der Waals surface area contributed by atoms with E-state index in [1.165, 1.54) is 34.9 Å². The molecule has 1 unspecified atom stereocenters. The fourth-order valence-electron chi connectivity index (χ4n) is 4.84. The third kappa shape index (κ3) is 8.73. The molecule has 2 amide bonds. The van der Waals surface area contributed by atoms with Crippen LogP contribution in [0.25, 0.3) is 0 Å². The summed E-state index contributed by atoms with van der Waals surface area (Å²) < 4.78 is 44.3. The second-order valence-electron chi connectivity index (χ2n) is 10.6. The summed E-state index contributed by atoms with van der Waals surface area (Å²) in [5, 5.41) is 2.89. The second-order valence-corrected chi connectivity index (χ2v) is 13.4. The molecule has 0 spiro atoms. The predicted molar refractivity (Wildman–Crippen MR) is 178 cm³/mol. The Morgan fingerprint density at radius 2 is 1.53 bits per heavy atom. The van der Waals surface area contributed by atoms with Crippen molar-refractivity contribution < 1.29 is 22.4 Å². The molecule has 10 heteroatoms. The number of hydrogen-bond donors (Lipinski definition) is 1. The molecular weight excluding hydrogens is 610 g/mol. The fraction of sp³-hybridized carbons (Fsp3) is 0.257. The van der Waals surface area contributed by atoms with E-state index in [2.05, 4.69) is 5.32 Å². The molecule has 0 fully saturated rings. The number of thioether (sulfide) groups is 1. The van der Waals surface area contributed by atoms with Crippen LogP contribution in [0, 0.1) is 12.7 Å². The average Bonchev–Trinajstić information content (AvgIpc) is 3.05. The Hall–Kier alpha value is -4.15. The Balaban J connectivity index is 1.80. The topological polar surface area (TPSA) is 86.8 Å². The van der Waals surface area contributed by atoms with E-state index in [4.69, 9.17) is 0 Å². The molecule has 45 heavy (non-hydrogen) atoms. The van der Waals surface area contributed by atoms with Gasteiger partial charge >= 0.3 is 0 Å². The number of benzene rings is 4. The molecule has 0 heterocycles. The van der Waals surface area contributed by atoms with Crippen LogP contribution in [0.2, 0.25) is 0 Å². The van der Waals surface area contributed by atoms with Crippen LogP contribution in [0.4, 0.5) is 10.1 Å². The van der Waals surface area contributed by atoms with Crippen LogP contribution in [-0.2, 0) is 32.6 Å². The number of nitrogens with one attached hydrogen (secondary N) is 1. The van der Waals surface area contributed by atoms with Gasteiger partial charge in [-0.3, -0.25) is 13.9 Å². The summed E-state index contributed by atoms with van der Waals surface area (Å²) in [5.41, 5.74) is 2.23. The van der Waals surface area contributed by atoms with Crippen molar-refractivity contribution in [3.05, 3.63) is 126 Å². The summed E-state index contributed by atoms with van der Waals surface area (Å²) in [4.78, 5) is 30.3. The summed E-state index contributed by atoms with van der Waals surface area (Å²) >= 11 is 1.49. The maximum atomic E-state index is 15.0. The first kappa shape index (κ1) is 33.7. The van der Waals surface area contributed by atoms with E-state index in [1.54, 1.807) is 54.6 Å². The Kier molecular flexibility index (Phi) is 11.8. The van der Waals surface area contributed by atoms with Crippen molar-refractivity contribution in [3.8, 4) is 0 Å². The molecule has 4 aromatic carbocycles. The molecule has 0 aliphatic rings. The minimum Gasteiger partial charge on any atom is -0.354 e. The van der Waals surface area contributed by atoms with E-state index in [0.29, 0.717) is 18.7 Å². The number of carbonyl (C=O) groups is 2. The van der Waals surface area contributed by atoms with Crippen molar-refractivity contribution in [1.29, 1.82) is 0 Å². The van der Waals surface area contributed by atoms with Gasteiger partial charge in [0.2, 0.25) is 11.8 Å². The molecule has 0 saturated heterocycles. The first-order chi connectivity index (χ1) is 21.6. The zero-order valence-corrected chi connectivity index (χ0v) is 27.3. The van der Waals surface area contributed by atoms with Crippen molar-refractivity contribution in [2.75, 3.05) is 23.7 Å². The van der Waals surface area contributed by atoms with Crippen molar-refractivity contribution in [2.45, 2.75) is 49.1 Å². The molecule has 1 atom stereocenters. The van der Waals surface area contributed by atoms with E-state index in [1.807, 2.05) is 50.4 Å². The number of aryl methyl sites for hydroxylation is 1. The van der Waals surface area contributed by atoms with Gasteiger partial charge in [0.1, 0.15) is 18.4 Å². The van der Waals surface area contributed by atoms with Crippen LogP contribution in [0.1, 0.15) is 30.0 Å². The first-order valence-electron chi connectivity index (χ1n) is 14.7. The Labute approximate surface area is 269 Å². The number of anilines is 1. The molecule has 4 rings (SSSR count). The van der Waals surface area contributed by atoms with Crippen molar-refractivity contribution in [1.82, 2.24) is 10.2 Å². The predicted octanol–water partition coefficient (Wildman–Crippen LogP) is 6.22. The lowest BCUT2D eigenvalue weighted by Crippen LogP contribution is -2.53. The maximum Gasteiger partial charge on any atom is 0.264 e. The van der Waals surface area contributed by atoms with Gasteiger partial charge in [0, 0.05) is 30.0 Å². The number of hydrogen-bond acceptors (Lipinski definition) is 5. The molecule has 0 radical (unpaired) electrons. The number of halogens is 1. The van der Waals surface area contributed by atoms with Crippen molar-refractivity contribution in [2.24, 2.45) is 0 Å². The third-order valence-electron chi connectivity index (χ3n) is 7.37. The summed E-state index contributed by atoms with van der Waals surface area (Å²) in [6.45, 7) is 3.37. The van der Waals surface area contributed by atoms with Gasteiger partial charge in [-0.1, -0.05) is 73.2 Å². The van der Waals surface area contributed by atoms with Crippen LogP contribution in [0.5, 0.6) is 0 Å². The maximum absolute atomic E-state index is 15.0. The number of rotatable bonds is 14. The van der Waals surface area contributed by atoms with Crippen molar-refractivity contribution >= 4 is 39.3 Å². The second kappa shape index (κ2) is 15.7. The van der Waals surface area contributed by atoms with Gasteiger partial charge in [-0.2, -0.15) is 0 Å². The third-order valence-corrected chi connectivity index (χ3v) is 9.90. The zero-order valence-electron chi connectivity index (χ0n) is 25.6. The highest BCUT2D eigenvalue weighted by molar-refractivity contribution is 7.98. The standard InChI is InChI=1S/C35H38FN3O4S2/c1-4-22-37-35(41)33(23-27-10-6-5-7-11-27)38(24-28-12-8-9-13-32(28)36)34(40)25-39(29-16-14-26(2)15-17-29)45(42,43)31-20-18-30(44-3)19-21-31/h5-21,33H,4,22-25H2,1-3H3,(H,37,41). The smallest absolute Gasteiger partial charge is 0.264 e. The Morgan fingerprint density at radius 3 is 2.16 bits per heavy atom. The van der Waals surface area contributed by atoms with E-state index >= 15 is 0 Å². The fourth-order valence-corrected chi connectivity index (χ4v) is 6.67. The molecule has 0 bridgehead atoms. The first-order valence-corrected chi connectivity index (χ1v) is 17.4. The molecule has 0 aliphatic heterocycles. The number of nitrogens with zero attached hydrogens (tertiary/aromatic N) is 2. The molecular formula is C35H38FN3O4S2. The van der Waals surface area contributed by atoms with Gasteiger partial charge < -0.3 is 10.2 Å². The van der Waals surface area contributed by atoms with Gasteiger partial charge in [0.05, 0.1) is 10.6 Å². The molecule has 0 aliphatic carbocycles.